The molecule has 0 radical (unpaired) electrons. The van der Waals surface area contributed by atoms with Gasteiger partial charge in [-0.15, -0.1) is 0 Å². The molecule has 2 aromatic rings. The molecule has 50 valence electrons. The van der Waals surface area contributed by atoms with Crippen molar-refractivity contribution in [3.8, 4) is 0 Å². The number of aromatic nitrogens is 2. The third kappa shape index (κ3) is 0.500. The first-order chi connectivity index (χ1) is 4.92. The summed E-state index contributed by atoms with van der Waals surface area (Å²) in [7, 11) is 0. The van der Waals surface area contributed by atoms with Crippen LogP contribution in [0.4, 0.5) is 0 Å². The average Bonchev–Trinajstić information content (AvgIpc) is 2.44. The van der Waals surface area contributed by atoms with E-state index in [2.05, 4.69) is 5.10 Å². The Bertz CT molecular complexity index is 360. The highest BCUT2D eigenvalue weighted by molar-refractivity contribution is 5.78. The van der Waals surface area contributed by atoms with E-state index in [4.69, 9.17) is 9.83 Å². The zero-order valence-corrected chi connectivity index (χ0v) is 5.11. The minimum absolute atomic E-state index is 0.620. The quantitative estimate of drug-likeness (QED) is 0.470. The Balaban J connectivity index is 2.88. The van der Waals surface area contributed by atoms with E-state index in [-0.39, 0.29) is 0 Å². The summed E-state index contributed by atoms with van der Waals surface area (Å²) >= 11 is 0. The monoisotopic (exact) mass is 135 g/mol. The zero-order valence-electron chi connectivity index (χ0n) is 5.11. The van der Waals surface area contributed by atoms with Crippen LogP contribution in [0.2, 0.25) is 0 Å². The third-order valence-corrected chi connectivity index (χ3v) is 1.33. The van der Waals surface area contributed by atoms with Crippen molar-refractivity contribution in [2.45, 2.75) is 0 Å². The van der Waals surface area contributed by atoms with Gasteiger partial charge in [0, 0.05) is 0 Å². The van der Waals surface area contributed by atoms with E-state index in [1.165, 1.54) is 4.68 Å². The van der Waals surface area contributed by atoms with Crippen LogP contribution in [0, 0.1) is 5.41 Å². The summed E-state index contributed by atoms with van der Waals surface area (Å²) < 4.78 is 6.40. The zero-order chi connectivity index (χ0) is 6.97. The topological polar surface area (TPSA) is 54.8 Å². The standard InChI is InChI=1S/C6H5N3O/c7-4-9-6-5(3-8-9)1-2-10-6/h1-4,7H. The number of rotatable bonds is 1. The Morgan fingerprint density at radius 1 is 1.70 bits per heavy atom. The van der Waals surface area contributed by atoms with Gasteiger partial charge in [-0.3, -0.25) is 5.41 Å². The van der Waals surface area contributed by atoms with Gasteiger partial charge in [0.25, 0.3) is 0 Å². The molecule has 0 aliphatic heterocycles. The molecule has 4 nitrogen and oxygen atoms in total. The highest BCUT2D eigenvalue weighted by Crippen LogP contribution is 2.11. The van der Waals surface area contributed by atoms with E-state index in [9.17, 15) is 0 Å². The van der Waals surface area contributed by atoms with Gasteiger partial charge in [0.15, 0.2) is 0 Å². The highest BCUT2D eigenvalue weighted by atomic mass is 16.3. The van der Waals surface area contributed by atoms with Gasteiger partial charge >= 0.3 is 0 Å². The largest absolute Gasteiger partial charge is 0.446 e. The van der Waals surface area contributed by atoms with Gasteiger partial charge in [-0.25, -0.2) is 0 Å². The van der Waals surface area contributed by atoms with Crippen LogP contribution in [0.3, 0.4) is 0 Å². The fraction of sp³-hybridized carbons (Fsp3) is 0. The highest BCUT2D eigenvalue weighted by Gasteiger charge is 2.00. The van der Waals surface area contributed by atoms with Crippen molar-refractivity contribution in [3.05, 3.63) is 18.5 Å². The molecule has 0 aliphatic rings. The molecule has 0 amide bonds. The molecule has 0 bridgehead atoms. The van der Waals surface area contributed by atoms with Gasteiger partial charge in [-0.1, -0.05) is 0 Å². The van der Waals surface area contributed by atoms with Crippen molar-refractivity contribution in [1.29, 1.82) is 5.41 Å². The summed E-state index contributed by atoms with van der Waals surface area (Å²) in [6, 6.07) is 1.81. The van der Waals surface area contributed by atoms with Gasteiger partial charge in [-0.05, 0) is 6.07 Å². The Morgan fingerprint density at radius 2 is 2.60 bits per heavy atom. The molecule has 2 heterocycles. The first kappa shape index (κ1) is 5.22. The fourth-order valence-electron chi connectivity index (χ4n) is 0.864. The Morgan fingerprint density at radius 3 is 3.40 bits per heavy atom. The van der Waals surface area contributed by atoms with E-state index >= 15 is 0 Å². The lowest BCUT2D eigenvalue weighted by molar-refractivity contribution is 0.590. The minimum atomic E-state index is 0.620. The van der Waals surface area contributed by atoms with E-state index < -0.39 is 0 Å². The van der Waals surface area contributed by atoms with Crippen LogP contribution < -0.4 is 0 Å². The number of fused-ring (bicyclic) bond motifs is 1. The Kier molecular flexibility index (Phi) is 0.887. The van der Waals surface area contributed by atoms with Gasteiger partial charge < -0.3 is 4.42 Å². The summed E-state index contributed by atoms with van der Waals surface area (Å²) in [5.41, 5.74) is 0.620. The second-order valence-corrected chi connectivity index (χ2v) is 1.90. The van der Waals surface area contributed by atoms with E-state index in [1.807, 2.05) is 6.07 Å². The van der Waals surface area contributed by atoms with E-state index in [1.54, 1.807) is 12.5 Å². The molecule has 0 aromatic carbocycles. The van der Waals surface area contributed by atoms with Crippen LogP contribution in [0.15, 0.2) is 22.9 Å². The second-order valence-electron chi connectivity index (χ2n) is 1.90. The molecule has 4 heteroatoms. The van der Waals surface area contributed by atoms with Crippen molar-refractivity contribution in [1.82, 2.24) is 9.78 Å². The van der Waals surface area contributed by atoms with Crippen LogP contribution in [0.5, 0.6) is 0 Å². The molecule has 10 heavy (non-hydrogen) atoms. The maximum Gasteiger partial charge on any atom is 0.230 e. The second kappa shape index (κ2) is 1.70. The average molecular weight is 135 g/mol. The van der Waals surface area contributed by atoms with E-state index in [0.717, 1.165) is 11.7 Å². The van der Waals surface area contributed by atoms with Crippen LogP contribution in [-0.4, -0.2) is 16.1 Å². The molecule has 1 N–H and O–H groups in total. The lowest BCUT2D eigenvalue weighted by Gasteiger charge is -1.84. The number of hydrogen-bond acceptors (Lipinski definition) is 3. The number of nitrogens with one attached hydrogen (secondary N) is 1. The van der Waals surface area contributed by atoms with Crippen molar-refractivity contribution >= 4 is 17.4 Å². The third-order valence-electron chi connectivity index (χ3n) is 1.33. The molecule has 2 aromatic heterocycles. The summed E-state index contributed by atoms with van der Waals surface area (Å²) in [5, 5.41) is 11.7. The summed E-state index contributed by atoms with van der Waals surface area (Å²) in [4.78, 5) is 0. The number of hydrogen-bond donors (Lipinski definition) is 1. The van der Waals surface area contributed by atoms with Crippen molar-refractivity contribution in [2.75, 3.05) is 0 Å². The summed E-state index contributed by atoms with van der Waals surface area (Å²) in [6.45, 7) is 0. The Labute approximate surface area is 56.6 Å². The van der Waals surface area contributed by atoms with Crippen molar-refractivity contribution < 1.29 is 4.42 Å². The maximum atomic E-state index is 6.90. The lowest BCUT2D eigenvalue weighted by Crippen LogP contribution is -1.93. The first-order valence-corrected chi connectivity index (χ1v) is 2.83. The fourth-order valence-corrected chi connectivity index (χ4v) is 0.864. The van der Waals surface area contributed by atoms with Crippen molar-refractivity contribution in [3.63, 3.8) is 0 Å². The molecular formula is C6H5N3O. The summed E-state index contributed by atoms with van der Waals surface area (Å²) in [5.74, 6) is 0. The summed E-state index contributed by atoms with van der Waals surface area (Å²) in [6.07, 6.45) is 4.34. The Hall–Kier alpha value is -1.58. The van der Waals surface area contributed by atoms with Crippen LogP contribution >= 0.6 is 0 Å². The molecular weight excluding hydrogens is 130 g/mol. The predicted molar refractivity (Wildman–Crippen MR) is 36.2 cm³/mol. The molecule has 2 rings (SSSR count). The molecule has 0 atom stereocenters. The molecule has 0 saturated carbocycles. The van der Waals surface area contributed by atoms with Gasteiger partial charge in [-0.2, -0.15) is 9.78 Å². The molecule has 0 fully saturated rings. The normalized spacial score (nSPS) is 10.4. The van der Waals surface area contributed by atoms with Gasteiger partial charge in [0.05, 0.1) is 17.8 Å². The molecule has 0 saturated heterocycles. The molecule has 0 aliphatic carbocycles. The SMILES string of the molecule is N=Cn1ncc2ccoc21. The van der Waals surface area contributed by atoms with Gasteiger partial charge in [0.1, 0.15) is 6.34 Å². The molecule has 0 unspecified atom stereocenters. The first-order valence-electron chi connectivity index (χ1n) is 2.83. The van der Waals surface area contributed by atoms with E-state index in [0.29, 0.717) is 5.71 Å². The van der Waals surface area contributed by atoms with Crippen LogP contribution in [-0.2, 0) is 0 Å². The lowest BCUT2D eigenvalue weighted by atomic mass is 10.5. The predicted octanol–water partition coefficient (Wildman–Crippen LogP) is 1.08. The van der Waals surface area contributed by atoms with Gasteiger partial charge in [0.2, 0.25) is 5.71 Å². The molecule has 0 spiro atoms. The smallest absolute Gasteiger partial charge is 0.230 e. The maximum absolute atomic E-state index is 6.90. The van der Waals surface area contributed by atoms with Crippen molar-refractivity contribution in [2.24, 2.45) is 0 Å². The number of furan rings is 1. The van der Waals surface area contributed by atoms with Crippen LogP contribution in [0.1, 0.15) is 0 Å². The number of nitrogens with zero attached hydrogens (tertiary/aromatic N) is 2. The van der Waals surface area contributed by atoms with Crippen LogP contribution in [0.25, 0.3) is 11.1 Å². The minimum Gasteiger partial charge on any atom is -0.446 e.